The number of ether oxygens (including phenoxy) is 3. The number of esters is 3. The molecule has 0 aromatic rings. The maximum atomic E-state index is 12.9. The van der Waals surface area contributed by atoms with Crippen LogP contribution in [0.1, 0.15) is 310 Å². The minimum absolute atomic E-state index is 0.0880. The molecule has 0 fully saturated rings. The zero-order valence-corrected chi connectivity index (χ0v) is 52.3. The Morgan fingerprint density at radius 3 is 0.825 bits per heavy atom. The van der Waals surface area contributed by atoms with Gasteiger partial charge in [0.1, 0.15) is 13.2 Å². The van der Waals surface area contributed by atoms with E-state index in [4.69, 9.17) is 14.2 Å². The lowest BCUT2D eigenvalue weighted by atomic mass is 10.0. The number of allylic oxidation sites excluding steroid dienone is 20. The molecule has 456 valence electrons. The van der Waals surface area contributed by atoms with E-state index in [1.165, 1.54) is 135 Å². The van der Waals surface area contributed by atoms with Crippen LogP contribution in [0.3, 0.4) is 0 Å². The normalized spacial score (nSPS) is 12.9. The zero-order valence-electron chi connectivity index (χ0n) is 52.3. The SMILES string of the molecule is CC/C=C\C/C=C\C/C=C\C/C=C\C/C=C\C/C=C\CCCCCCCCCCC(=O)OCC(COC(=O)CCCCCCC/C=C\CCC)OC(=O)CCCCCCCCCCCC/C=C\C/C=C\C/C=C\CCCCCCC. The van der Waals surface area contributed by atoms with Gasteiger partial charge in [0.15, 0.2) is 6.10 Å². The van der Waals surface area contributed by atoms with E-state index in [9.17, 15) is 14.4 Å². The third kappa shape index (κ3) is 64.6. The van der Waals surface area contributed by atoms with Crippen LogP contribution in [-0.4, -0.2) is 37.2 Å². The summed E-state index contributed by atoms with van der Waals surface area (Å²) in [5, 5.41) is 0. The molecule has 0 aliphatic carbocycles. The molecule has 80 heavy (non-hydrogen) atoms. The summed E-state index contributed by atoms with van der Waals surface area (Å²) in [7, 11) is 0. The summed E-state index contributed by atoms with van der Waals surface area (Å²) in [6, 6.07) is 0. The fourth-order valence-electron chi connectivity index (χ4n) is 9.16. The Bertz CT molecular complexity index is 1650. The van der Waals surface area contributed by atoms with Gasteiger partial charge < -0.3 is 14.2 Å². The average Bonchev–Trinajstić information content (AvgIpc) is 3.46. The monoisotopic (exact) mass is 1110 g/mol. The van der Waals surface area contributed by atoms with Gasteiger partial charge in [-0.3, -0.25) is 14.4 Å². The molecule has 6 heteroatoms. The van der Waals surface area contributed by atoms with Crippen molar-refractivity contribution in [3.05, 3.63) is 122 Å². The van der Waals surface area contributed by atoms with E-state index in [0.717, 1.165) is 135 Å². The predicted octanol–water partition coefficient (Wildman–Crippen LogP) is 23.2. The van der Waals surface area contributed by atoms with E-state index in [1.807, 2.05) is 0 Å². The first kappa shape index (κ1) is 75.8. The number of hydrogen-bond acceptors (Lipinski definition) is 6. The summed E-state index contributed by atoms with van der Waals surface area (Å²) in [6.07, 6.45) is 93.6. The standard InChI is InChI=1S/C74H124O6/c1-4-7-10-13-16-19-22-24-26-28-30-32-34-36-37-39-40-42-44-46-48-50-52-55-58-61-64-67-73(76)79-70-71(69-78-72(75)66-63-60-57-54-21-18-15-12-9-6-3)80-74(77)68-65-62-59-56-53-51-49-47-45-43-41-38-35-33-31-29-27-25-23-20-17-14-11-8-5-2/h7,10,12,15-16,19,23-26,29-32,35-38,40,42,71H,4-6,8-9,11,13-14,17-18,20-22,27-28,33-34,39,41,43-70H2,1-3H3/b10-7-,15-12-,19-16-,25-23-,26-24-,31-29-,32-30-,37-36-,38-35-,42-40-. The second-order valence-corrected chi connectivity index (χ2v) is 22.0. The summed E-state index contributed by atoms with van der Waals surface area (Å²) in [5.41, 5.74) is 0. The van der Waals surface area contributed by atoms with Crippen molar-refractivity contribution in [3.8, 4) is 0 Å². The Balaban J connectivity index is 4.28. The van der Waals surface area contributed by atoms with Crippen molar-refractivity contribution >= 4 is 17.9 Å². The Morgan fingerprint density at radius 2 is 0.512 bits per heavy atom. The first-order chi connectivity index (χ1) is 39.5. The molecule has 1 unspecified atom stereocenters. The van der Waals surface area contributed by atoms with Crippen molar-refractivity contribution in [3.63, 3.8) is 0 Å². The minimum atomic E-state index is -0.791. The van der Waals surface area contributed by atoms with Gasteiger partial charge in [-0.1, -0.05) is 284 Å². The van der Waals surface area contributed by atoms with Crippen LogP contribution in [0.15, 0.2) is 122 Å². The van der Waals surface area contributed by atoms with Crippen LogP contribution in [0.5, 0.6) is 0 Å². The molecule has 0 heterocycles. The maximum Gasteiger partial charge on any atom is 0.306 e. The summed E-state index contributed by atoms with van der Waals surface area (Å²) in [4.78, 5) is 38.3. The Morgan fingerprint density at radius 1 is 0.263 bits per heavy atom. The first-order valence-electron chi connectivity index (χ1n) is 33.5. The molecule has 0 radical (unpaired) electrons. The fraction of sp³-hybridized carbons (Fsp3) is 0.689. The molecule has 0 aliphatic heterocycles. The molecule has 0 aromatic heterocycles. The average molecular weight is 1110 g/mol. The highest BCUT2D eigenvalue weighted by molar-refractivity contribution is 5.71. The molecule has 0 rings (SSSR count). The third-order valence-electron chi connectivity index (χ3n) is 14.2. The topological polar surface area (TPSA) is 78.9 Å². The van der Waals surface area contributed by atoms with Gasteiger partial charge in [-0.05, 0) is 128 Å². The molecule has 0 bridgehead atoms. The molecular weight excluding hydrogens is 985 g/mol. The quantitative estimate of drug-likeness (QED) is 0.0261. The largest absolute Gasteiger partial charge is 0.462 e. The first-order valence-corrected chi connectivity index (χ1v) is 33.5. The van der Waals surface area contributed by atoms with E-state index >= 15 is 0 Å². The summed E-state index contributed by atoms with van der Waals surface area (Å²) in [5.74, 6) is -0.905. The molecule has 0 saturated carbocycles. The van der Waals surface area contributed by atoms with Gasteiger partial charge in [0, 0.05) is 19.3 Å². The van der Waals surface area contributed by atoms with Crippen LogP contribution in [0.4, 0.5) is 0 Å². The van der Waals surface area contributed by atoms with Gasteiger partial charge in [0.05, 0.1) is 0 Å². The van der Waals surface area contributed by atoms with Gasteiger partial charge in [0.2, 0.25) is 0 Å². The van der Waals surface area contributed by atoms with Gasteiger partial charge >= 0.3 is 17.9 Å². The third-order valence-corrected chi connectivity index (χ3v) is 14.2. The van der Waals surface area contributed by atoms with Crippen LogP contribution in [0.25, 0.3) is 0 Å². The molecule has 1 atom stereocenters. The Labute approximate surface area is 494 Å². The summed E-state index contributed by atoms with van der Waals surface area (Å²) in [6.45, 7) is 6.45. The number of unbranched alkanes of at least 4 members (excludes halogenated alkanes) is 29. The van der Waals surface area contributed by atoms with Crippen molar-refractivity contribution in [2.45, 2.75) is 316 Å². The van der Waals surface area contributed by atoms with Crippen LogP contribution in [-0.2, 0) is 28.6 Å². The molecular formula is C74H124O6. The predicted molar refractivity (Wildman–Crippen MR) is 348 cm³/mol. The van der Waals surface area contributed by atoms with E-state index in [0.29, 0.717) is 19.3 Å². The van der Waals surface area contributed by atoms with E-state index in [1.54, 1.807) is 0 Å². The fourth-order valence-corrected chi connectivity index (χ4v) is 9.16. The lowest BCUT2D eigenvalue weighted by Gasteiger charge is -2.18. The van der Waals surface area contributed by atoms with E-state index < -0.39 is 6.10 Å². The van der Waals surface area contributed by atoms with Crippen molar-refractivity contribution in [2.24, 2.45) is 0 Å². The highest BCUT2D eigenvalue weighted by atomic mass is 16.6. The smallest absolute Gasteiger partial charge is 0.306 e. The van der Waals surface area contributed by atoms with E-state index in [-0.39, 0.29) is 31.1 Å². The van der Waals surface area contributed by atoms with Gasteiger partial charge in [-0.15, -0.1) is 0 Å². The van der Waals surface area contributed by atoms with Crippen LogP contribution in [0.2, 0.25) is 0 Å². The zero-order chi connectivity index (χ0) is 57.8. The van der Waals surface area contributed by atoms with E-state index in [2.05, 4.69) is 142 Å². The van der Waals surface area contributed by atoms with Gasteiger partial charge in [-0.25, -0.2) is 0 Å². The van der Waals surface area contributed by atoms with Crippen LogP contribution < -0.4 is 0 Å². The molecule has 6 nitrogen and oxygen atoms in total. The second kappa shape index (κ2) is 67.3. The van der Waals surface area contributed by atoms with Crippen molar-refractivity contribution in [1.82, 2.24) is 0 Å². The van der Waals surface area contributed by atoms with Crippen molar-refractivity contribution < 1.29 is 28.6 Å². The Hall–Kier alpha value is -4.19. The number of carbonyl (C=O) groups is 3. The molecule has 0 aromatic carbocycles. The lowest BCUT2D eigenvalue weighted by Crippen LogP contribution is -2.30. The number of carbonyl (C=O) groups excluding carboxylic acids is 3. The lowest BCUT2D eigenvalue weighted by molar-refractivity contribution is -0.167. The molecule has 0 saturated heterocycles. The number of rotatable bonds is 60. The minimum Gasteiger partial charge on any atom is -0.462 e. The highest BCUT2D eigenvalue weighted by Crippen LogP contribution is 2.16. The molecule has 0 amide bonds. The highest BCUT2D eigenvalue weighted by Gasteiger charge is 2.19. The van der Waals surface area contributed by atoms with Crippen molar-refractivity contribution in [2.75, 3.05) is 13.2 Å². The maximum absolute atomic E-state index is 12.9. The molecule has 0 N–H and O–H groups in total. The second-order valence-electron chi connectivity index (χ2n) is 22.0. The van der Waals surface area contributed by atoms with Gasteiger partial charge in [-0.2, -0.15) is 0 Å². The summed E-state index contributed by atoms with van der Waals surface area (Å²) >= 11 is 0. The van der Waals surface area contributed by atoms with Crippen LogP contribution in [0, 0.1) is 0 Å². The van der Waals surface area contributed by atoms with Crippen LogP contribution >= 0.6 is 0 Å². The number of hydrogen-bond donors (Lipinski definition) is 0. The van der Waals surface area contributed by atoms with Gasteiger partial charge in [0.25, 0.3) is 0 Å². The molecule has 0 aliphatic rings. The van der Waals surface area contributed by atoms with Crippen molar-refractivity contribution in [1.29, 1.82) is 0 Å². The Kier molecular flexibility index (Phi) is 63.8. The molecule has 0 spiro atoms. The summed E-state index contributed by atoms with van der Waals surface area (Å²) < 4.78 is 16.9.